The van der Waals surface area contributed by atoms with Gasteiger partial charge in [0.15, 0.2) is 6.29 Å². The van der Waals surface area contributed by atoms with Gasteiger partial charge in [-0.2, -0.15) is 0 Å². The first-order valence-corrected chi connectivity index (χ1v) is 5.60. The molecule has 5 nitrogen and oxygen atoms in total. The number of hydrogen-bond donors (Lipinski definition) is 0. The number of aryl methyl sites for hydroxylation is 1. The molecule has 1 aromatic carbocycles. The molecule has 0 fully saturated rings. The normalized spacial score (nSPS) is 10.9. The van der Waals surface area contributed by atoms with Gasteiger partial charge >= 0.3 is 0 Å². The minimum atomic E-state index is 0.545. The first kappa shape index (κ1) is 10.7. The van der Waals surface area contributed by atoms with E-state index in [2.05, 4.69) is 14.9 Å². The molecule has 0 bridgehead atoms. The van der Waals surface area contributed by atoms with Gasteiger partial charge in [0.25, 0.3) is 0 Å². The highest BCUT2D eigenvalue weighted by atomic mass is 16.6. The molecule has 2 aromatic heterocycles. The summed E-state index contributed by atoms with van der Waals surface area (Å²) in [6.45, 7) is 2.39. The fourth-order valence-corrected chi connectivity index (χ4v) is 2.05. The average molecular weight is 241 g/mol. The summed E-state index contributed by atoms with van der Waals surface area (Å²) in [4.78, 5) is 11.0. The molecule has 0 radical (unpaired) electrons. The van der Waals surface area contributed by atoms with Crippen molar-refractivity contribution in [2.24, 2.45) is 0 Å². The number of aromatic nitrogens is 3. The van der Waals surface area contributed by atoms with Crippen LogP contribution < -0.4 is 0 Å². The summed E-state index contributed by atoms with van der Waals surface area (Å²) in [5.74, 6) is 0. The molecular weight excluding hydrogens is 230 g/mol. The van der Waals surface area contributed by atoms with Crippen LogP contribution >= 0.6 is 0 Å². The van der Waals surface area contributed by atoms with E-state index in [-0.39, 0.29) is 0 Å². The van der Waals surface area contributed by atoms with Gasteiger partial charge in [0, 0.05) is 22.7 Å². The van der Waals surface area contributed by atoms with E-state index in [4.69, 9.17) is 0 Å². The number of fused-ring (bicyclic) bond motifs is 1. The number of hydrogen-bond acceptors (Lipinski definition) is 4. The van der Waals surface area contributed by atoms with Crippen LogP contribution in [0.4, 0.5) is 0 Å². The van der Waals surface area contributed by atoms with Gasteiger partial charge in [0.1, 0.15) is 11.4 Å². The SMILES string of the molecule is Cc1nonc1Cn1cc(C=O)c2ccccc21. The molecule has 0 aliphatic carbocycles. The second-order valence-electron chi connectivity index (χ2n) is 4.14. The van der Waals surface area contributed by atoms with Crippen molar-refractivity contribution in [2.75, 3.05) is 0 Å². The molecule has 0 saturated heterocycles. The van der Waals surface area contributed by atoms with Crippen molar-refractivity contribution < 1.29 is 9.42 Å². The third-order valence-electron chi connectivity index (χ3n) is 3.01. The highest BCUT2D eigenvalue weighted by molar-refractivity contribution is 5.97. The lowest BCUT2D eigenvalue weighted by Gasteiger charge is -2.01. The molecular formula is C13H11N3O2. The maximum atomic E-state index is 11.0. The van der Waals surface area contributed by atoms with Gasteiger partial charge in [-0.15, -0.1) is 0 Å². The number of nitrogens with zero attached hydrogens (tertiary/aromatic N) is 3. The van der Waals surface area contributed by atoms with Crippen LogP contribution in [0.1, 0.15) is 21.7 Å². The zero-order valence-corrected chi connectivity index (χ0v) is 9.83. The van der Waals surface area contributed by atoms with Gasteiger partial charge in [0.2, 0.25) is 0 Å². The molecule has 0 aliphatic rings. The standard InChI is InChI=1S/C13H11N3O2/c1-9-12(15-18-14-9)7-16-6-10(8-17)11-4-2-3-5-13(11)16/h2-6,8H,7H2,1H3. The van der Waals surface area contributed by atoms with E-state index in [1.807, 2.05) is 42.0 Å². The molecule has 18 heavy (non-hydrogen) atoms. The molecule has 0 saturated carbocycles. The number of rotatable bonds is 3. The van der Waals surface area contributed by atoms with E-state index in [1.54, 1.807) is 0 Å². The van der Waals surface area contributed by atoms with Crippen molar-refractivity contribution in [2.45, 2.75) is 13.5 Å². The van der Waals surface area contributed by atoms with E-state index in [0.717, 1.165) is 28.6 Å². The van der Waals surface area contributed by atoms with Crippen molar-refractivity contribution in [1.82, 2.24) is 14.9 Å². The zero-order chi connectivity index (χ0) is 12.5. The quantitative estimate of drug-likeness (QED) is 0.659. The Balaban J connectivity index is 2.12. The number of carbonyl (C=O) groups is 1. The lowest BCUT2D eigenvalue weighted by Crippen LogP contribution is -1.99. The van der Waals surface area contributed by atoms with Crippen LogP contribution in [-0.2, 0) is 6.54 Å². The Morgan fingerprint density at radius 2 is 2.17 bits per heavy atom. The van der Waals surface area contributed by atoms with Crippen molar-refractivity contribution in [3.63, 3.8) is 0 Å². The lowest BCUT2D eigenvalue weighted by molar-refractivity contribution is 0.112. The molecule has 2 heterocycles. The van der Waals surface area contributed by atoms with E-state index < -0.39 is 0 Å². The van der Waals surface area contributed by atoms with Crippen molar-refractivity contribution in [3.8, 4) is 0 Å². The fourth-order valence-electron chi connectivity index (χ4n) is 2.05. The highest BCUT2D eigenvalue weighted by Crippen LogP contribution is 2.21. The monoisotopic (exact) mass is 241 g/mol. The van der Waals surface area contributed by atoms with Crippen LogP contribution in [0.3, 0.4) is 0 Å². The predicted octanol–water partition coefficient (Wildman–Crippen LogP) is 2.19. The largest absolute Gasteiger partial charge is 0.341 e. The molecule has 90 valence electrons. The van der Waals surface area contributed by atoms with Crippen molar-refractivity contribution in [3.05, 3.63) is 47.4 Å². The summed E-state index contributed by atoms with van der Waals surface area (Å²) in [5.41, 5.74) is 3.22. The predicted molar refractivity (Wildman–Crippen MR) is 65.5 cm³/mol. The first-order valence-electron chi connectivity index (χ1n) is 5.60. The molecule has 3 aromatic rings. The Morgan fingerprint density at radius 1 is 1.33 bits per heavy atom. The Kier molecular flexibility index (Phi) is 2.44. The van der Waals surface area contributed by atoms with Crippen LogP contribution in [-0.4, -0.2) is 21.2 Å². The smallest absolute Gasteiger partial charge is 0.152 e. The zero-order valence-electron chi connectivity index (χ0n) is 9.83. The molecule has 0 atom stereocenters. The molecule has 0 aliphatic heterocycles. The maximum Gasteiger partial charge on any atom is 0.152 e. The van der Waals surface area contributed by atoms with Gasteiger partial charge in [0.05, 0.1) is 6.54 Å². The van der Waals surface area contributed by atoms with Crippen LogP contribution in [0.5, 0.6) is 0 Å². The molecule has 3 rings (SSSR count). The Morgan fingerprint density at radius 3 is 2.89 bits per heavy atom. The van der Waals surface area contributed by atoms with E-state index >= 15 is 0 Å². The van der Waals surface area contributed by atoms with Crippen molar-refractivity contribution in [1.29, 1.82) is 0 Å². The fraction of sp³-hybridized carbons (Fsp3) is 0.154. The van der Waals surface area contributed by atoms with E-state index in [9.17, 15) is 4.79 Å². The summed E-state index contributed by atoms with van der Waals surface area (Å²) in [6, 6.07) is 7.78. The van der Waals surface area contributed by atoms with E-state index in [1.165, 1.54) is 0 Å². The molecule has 0 N–H and O–H groups in total. The van der Waals surface area contributed by atoms with Gasteiger partial charge in [-0.05, 0) is 13.0 Å². The minimum Gasteiger partial charge on any atom is -0.341 e. The second-order valence-corrected chi connectivity index (χ2v) is 4.14. The average Bonchev–Trinajstić information content (AvgIpc) is 2.95. The van der Waals surface area contributed by atoms with Gasteiger partial charge in [-0.3, -0.25) is 4.79 Å². The molecule has 0 unspecified atom stereocenters. The Bertz CT molecular complexity index is 712. The van der Waals surface area contributed by atoms with Crippen LogP contribution in [0.25, 0.3) is 10.9 Å². The van der Waals surface area contributed by atoms with Crippen LogP contribution in [0.2, 0.25) is 0 Å². The van der Waals surface area contributed by atoms with Gasteiger partial charge in [-0.25, -0.2) is 4.63 Å². The summed E-state index contributed by atoms with van der Waals surface area (Å²) in [5, 5.41) is 8.55. The summed E-state index contributed by atoms with van der Waals surface area (Å²) in [7, 11) is 0. The number of aldehydes is 1. The Labute approximate surface area is 103 Å². The third-order valence-corrected chi connectivity index (χ3v) is 3.01. The minimum absolute atomic E-state index is 0.545. The Hall–Kier alpha value is -2.43. The van der Waals surface area contributed by atoms with Gasteiger partial charge in [-0.1, -0.05) is 28.5 Å². The highest BCUT2D eigenvalue weighted by Gasteiger charge is 2.11. The summed E-state index contributed by atoms with van der Waals surface area (Å²) >= 11 is 0. The molecule has 0 spiro atoms. The lowest BCUT2D eigenvalue weighted by atomic mass is 10.2. The number of benzene rings is 1. The van der Waals surface area contributed by atoms with Gasteiger partial charge < -0.3 is 4.57 Å². The molecule has 0 amide bonds. The second kappa shape index (κ2) is 4.10. The van der Waals surface area contributed by atoms with Crippen LogP contribution in [0, 0.1) is 6.92 Å². The third kappa shape index (κ3) is 1.60. The maximum absolute atomic E-state index is 11.0. The topological polar surface area (TPSA) is 60.9 Å². The number of para-hydroxylation sites is 1. The van der Waals surface area contributed by atoms with E-state index in [0.29, 0.717) is 12.1 Å². The van der Waals surface area contributed by atoms with Crippen molar-refractivity contribution >= 4 is 17.2 Å². The summed E-state index contributed by atoms with van der Waals surface area (Å²) in [6.07, 6.45) is 2.69. The molecule has 5 heteroatoms. The van der Waals surface area contributed by atoms with Crippen LogP contribution in [0.15, 0.2) is 35.1 Å². The summed E-state index contributed by atoms with van der Waals surface area (Å²) < 4.78 is 6.66. The number of carbonyl (C=O) groups excluding carboxylic acids is 1. The first-order chi connectivity index (χ1) is 8.79.